The van der Waals surface area contributed by atoms with Gasteiger partial charge in [0.05, 0.1) is 6.07 Å². The van der Waals surface area contributed by atoms with Crippen LogP contribution in [0.3, 0.4) is 0 Å². The molecule has 0 atom stereocenters. The summed E-state index contributed by atoms with van der Waals surface area (Å²) in [7, 11) is 0. The van der Waals surface area contributed by atoms with Gasteiger partial charge in [-0.2, -0.15) is 16.6 Å². The first-order chi connectivity index (χ1) is 6.64. The van der Waals surface area contributed by atoms with E-state index < -0.39 is 0 Å². The van der Waals surface area contributed by atoms with E-state index in [0.29, 0.717) is 6.42 Å². The maximum atomic E-state index is 8.51. The lowest BCUT2D eigenvalue weighted by atomic mass is 9.88. The minimum absolute atomic E-state index is 0.192. The van der Waals surface area contributed by atoms with Gasteiger partial charge >= 0.3 is 0 Å². The standard InChI is InChI=1S/C11H16N2S/c1-11(2,5-3-6-12)9-13-10-4-7-14-8-10/h4,7-8,13H,3,5,9H2,1-2H3. The smallest absolute Gasteiger partial charge is 0.0621 e. The fourth-order valence-corrected chi connectivity index (χ4v) is 1.80. The summed E-state index contributed by atoms with van der Waals surface area (Å²) in [6.45, 7) is 5.29. The molecule has 0 amide bonds. The predicted molar refractivity (Wildman–Crippen MR) is 61.4 cm³/mol. The summed E-state index contributed by atoms with van der Waals surface area (Å²) in [5, 5.41) is 16.0. The van der Waals surface area contributed by atoms with Crippen LogP contribution in [0.2, 0.25) is 0 Å². The van der Waals surface area contributed by atoms with E-state index >= 15 is 0 Å². The topological polar surface area (TPSA) is 35.8 Å². The van der Waals surface area contributed by atoms with Crippen LogP contribution in [0.25, 0.3) is 0 Å². The molecule has 76 valence electrons. The van der Waals surface area contributed by atoms with E-state index in [9.17, 15) is 0 Å². The molecule has 1 aromatic rings. The molecule has 0 aliphatic heterocycles. The van der Waals surface area contributed by atoms with Crippen molar-refractivity contribution >= 4 is 17.0 Å². The molecule has 0 radical (unpaired) electrons. The van der Waals surface area contributed by atoms with E-state index in [1.54, 1.807) is 11.3 Å². The number of nitriles is 1. The third kappa shape index (κ3) is 3.80. The van der Waals surface area contributed by atoms with E-state index in [4.69, 9.17) is 5.26 Å². The second-order valence-electron chi connectivity index (χ2n) is 4.19. The summed E-state index contributed by atoms with van der Waals surface area (Å²) >= 11 is 1.69. The molecule has 0 saturated heterocycles. The van der Waals surface area contributed by atoms with Crippen LogP contribution in [0.15, 0.2) is 16.8 Å². The van der Waals surface area contributed by atoms with Crippen molar-refractivity contribution < 1.29 is 0 Å². The fourth-order valence-electron chi connectivity index (χ4n) is 1.19. The molecule has 0 unspecified atom stereocenters. The maximum absolute atomic E-state index is 8.51. The molecule has 1 aromatic heterocycles. The molecule has 14 heavy (non-hydrogen) atoms. The normalized spacial score (nSPS) is 10.9. The van der Waals surface area contributed by atoms with Crippen molar-refractivity contribution in [1.29, 1.82) is 5.26 Å². The zero-order chi connectivity index (χ0) is 10.4. The van der Waals surface area contributed by atoms with Crippen LogP contribution in [-0.2, 0) is 0 Å². The molecule has 0 aromatic carbocycles. The third-order valence-corrected chi connectivity index (χ3v) is 2.89. The number of nitrogens with one attached hydrogen (secondary N) is 1. The van der Waals surface area contributed by atoms with Gasteiger partial charge in [-0.15, -0.1) is 0 Å². The minimum atomic E-state index is 0.192. The Morgan fingerprint density at radius 2 is 2.36 bits per heavy atom. The van der Waals surface area contributed by atoms with E-state index in [0.717, 1.165) is 13.0 Å². The Kier molecular flexibility index (Phi) is 3.97. The highest BCUT2D eigenvalue weighted by molar-refractivity contribution is 7.08. The molecule has 0 bridgehead atoms. The monoisotopic (exact) mass is 208 g/mol. The van der Waals surface area contributed by atoms with Crippen LogP contribution in [0.5, 0.6) is 0 Å². The van der Waals surface area contributed by atoms with Crippen LogP contribution in [0, 0.1) is 16.7 Å². The SMILES string of the molecule is CC(C)(CCC#N)CNc1ccsc1. The van der Waals surface area contributed by atoms with Gasteiger partial charge in [0.1, 0.15) is 0 Å². The average Bonchev–Trinajstić information content (AvgIpc) is 2.64. The molecule has 3 heteroatoms. The molecule has 0 aliphatic rings. The van der Waals surface area contributed by atoms with Gasteiger partial charge < -0.3 is 5.32 Å². The van der Waals surface area contributed by atoms with Crippen LogP contribution in [0.4, 0.5) is 5.69 Å². The van der Waals surface area contributed by atoms with Crippen molar-refractivity contribution in [2.75, 3.05) is 11.9 Å². The van der Waals surface area contributed by atoms with E-state index in [1.807, 2.05) is 0 Å². The van der Waals surface area contributed by atoms with Crippen LogP contribution in [-0.4, -0.2) is 6.54 Å². The molecule has 0 spiro atoms. The van der Waals surface area contributed by atoms with Gasteiger partial charge in [-0.05, 0) is 23.3 Å². The molecule has 2 nitrogen and oxygen atoms in total. The Morgan fingerprint density at radius 1 is 1.57 bits per heavy atom. The molecular weight excluding hydrogens is 192 g/mol. The Labute approximate surface area is 89.6 Å². The Bertz CT molecular complexity index is 296. The predicted octanol–water partition coefficient (Wildman–Crippen LogP) is 3.49. The molecule has 1 heterocycles. The quantitative estimate of drug-likeness (QED) is 0.804. The lowest BCUT2D eigenvalue weighted by Crippen LogP contribution is -2.22. The summed E-state index contributed by atoms with van der Waals surface area (Å²) < 4.78 is 0. The van der Waals surface area contributed by atoms with Crippen LogP contribution < -0.4 is 5.32 Å². The average molecular weight is 208 g/mol. The summed E-state index contributed by atoms with van der Waals surface area (Å²) in [4.78, 5) is 0. The van der Waals surface area contributed by atoms with Crippen molar-refractivity contribution in [1.82, 2.24) is 0 Å². The van der Waals surface area contributed by atoms with Gasteiger partial charge in [0.15, 0.2) is 0 Å². The second-order valence-corrected chi connectivity index (χ2v) is 4.97. The van der Waals surface area contributed by atoms with Crippen LogP contribution >= 0.6 is 11.3 Å². The van der Waals surface area contributed by atoms with Crippen molar-refractivity contribution in [2.24, 2.45) is 5.41 Å². The number of hydrogen-bond acceptors (Lipinski definition) is 3. The first kappa shape index (κ1) is 11.1. The lowest BCUT2D eigenvalue weighted by molar-refractivity contribution is 0.364. The largest absolute Gasteiger partial charge is 0.384 e. The van der Waals surface area contributed by atoms with Crippen molar-refractivity contribution in [3.05, 3.63) is 16.8 Å². The van der Waals surface area contributed by atoms with E-state index in [2.05, 4.69) is 42.1 Å². The summed E-state index contributed by atoms with van der Waals surface area (Å²) in [5.74, 6) is 0. The zero-order valence-corrected chi connectivity index (χ0v) is 9.53. The van der Waals surface area contributed by atoms with Crippen molar-refractivity contribution in [2.45, 2.75) is 26.7 Å². The highest BCUT2D eigenvalue weighted by Crippen LogP contribution is 2.23. The van der Waals surface area contributed by atoms with Crippen LogP contribution in [0.1, 0.15) is 26.7 Å². The Balaban J connectivity index is 2.33. The molecule has 0 saturated carbocycles. The van der Waals surface area contributed by atoms with Gasteiger partial charge in [0.2, 0.25) is 0 Å². The fraction of sp³-hybridized carbons (Fsp3) is 0.545. The molecular formula is C11H16N2S. The number of thiophene rings is 1. The van der Waals surface area contributed by atoms with Crippen molar-refractivity contribution in [3.8, 4) is 6.07 Å². The highest BCUT2D eigenvalue weighted by atomic mass is 32.1. The van der Waals surface area contributed by atoms with Gasteiger partial charge in [0, 0.05) is 24.0 Å². The third-order valence-electron chi connectivity index (χ3n) is 2.21. The number of rotatable bonds is 5. The maximum Gasteiger partial charge on any atom is 0.0621 e. The Hall–Kier alpha value is -1.01. The summed E-state index contributed by atoms with van der Waals surface area (Å²) in [5.41, 5.74) is 1.37. The highest BCUT2D eigenvalue weighted by Gasteiger charge is 2.16. The van der Waals surface area contributed by atoms with Gasteiger partial charge in [-0.25, -0.2) is 0 Å². The lowest BCUT2D eigenvalue weighted by Gasteiger charge is -2.23. The van der Waals surface area contributed by atoms with E-state index in [-0.39, 0.29) is 5.41 Å². The summed E-state index contributed by atoms with van der Waals surface area (Å²) in [6, 6.07) is 4.27. The molecule has 1 N–H and O–H groups in total. The first-order valence-corrected chi connectivity index (χ1v) is 5.71. The van der Waals surface area contributed by atoms with Gasteiger partial charge in [-0.3, -0.25) is 0 Å². The molecule has 1 rings (SSSR count). The Morgan fingerprint density at radius 3 is 2.93 bits per heavy atom. The number of anilines is 1. The number of nitrogens with zero attached hydrogens (tertiary/aromatic N) is 1. The van der Waals surface area contributed by atoms with E-state index in [1.165, 1.54) is 5.69 Å². The number of hydrogen-bond donors (Lipinski definition) is 1. The second kappa shape index (κ2) is 5.02. The minimum Gasteiger partial charge on any atom is -0.384 e. The van der Waals surface area contributed by atoms with Gasteiger partial charge in [0.25, 0.3) is 0 Å². The molecule has 0 fully saturated rings. The zero-order valence-electron chi connectivity index (χ0n) is 8.71. The van der Waals surface area contributed by atoms with Crippen molar-refractivity contribution in [3.63, 3.8) is 0 Å². The molecule has 0 aliphatic carbocycles. The van der Waals surface area contributed by atoms with Gasteiger partial charge in [-0.1, -0.05) is 13.8 Å². The first-order valence-electron chi connectivity index (χ1n) is 4.77. The summed E-state index contributed by atoms with van der Waals surface area (Å²) in [6.07, 6.45) is 1.58.